The van der Waals surface area contributed by atoms with Gasteiger partial charge in [-0.05, 0) is 62.1 Å². The van der Waals surface area contributed by atoms with Crippen molar-refractivity contribution in [2.24, 2.45) is 0 Å². The molecule has 0 radical (unpaired) electrons. The number of hydrogen-bond donors (Lipinski definition) is 0. The van der Waals surface area contributed by atoms with Gasteiger partial charge in [0.05, 0.1) is 5.69 Å². The smallest absolute Gasteiger partial charge is 0.226 e. The van der Waals surface area contributed by atoms with E-state index in [2.05, 4.69) is 9.97 Å². The minimum atomic E-state index is -0.436. The fraction of sp³-hybridized carbons (Fsp3) is 0.308. The maximum absolute atomic E-state index is 14.9. The monoisotopic (exact) mass is 433 g/mol. The highest BCUT2D eigenvalue weighted by molar-refractivity contribution is 5.95. The molecule has 0 aliphatic heterocycles. The number of carbonyl (C=O) groups is 2. The summed E-state index contributed by atoms with van der Waals surface area (Å²) in [6.45, 7) is 7.31. The summed E-state index contributed by atoms with van der Waals surface area (Å²) >= 11 is 0. The molecule has 0 spiro atoms. The second-order valence-corrected chi connectivity index (χ2v) is 7.93. The van der Waals surface area contributed by atoms with Gasteiger partial charge in [0.15, 0.2) is 5.78 Å². The quantitative estimate of drug-likeness (QED) is 0.468. The number of rotatable bonds is 7. The van der Waals surface area contributed by atoms with E-state index >= 15 is 0 Å². The summed E-state index contributed by atoms with van der Waals surface area (Å²) in [7, 11) is 1.57. The molecule has 6 heteroatoms. The highest BCUT2D eigenvalue weighted by Crippen LogP contribution is 2.31. The van der Waals surface area contributed by atoms with E-state index in [1.54, 1.807) is 51.4 Å². The zero-order valence-electron chi connectivity index (χ0n) is 19.2. The number of aromatic nitrogens is 2. The second kappa shape index (κ2) is 9.81. The molecule has 3 rings (SSSR count). The van der Waals surface area contributed by atoms with Gasteiger partial charge in [0, 0.05) is 43.0 Å². The molecule has 0 saturated heterocycles. The number of aryl methyl sites for hydroxylation is 3. The Hall–Kier alpha value is -3.41. The first-order chi connectivity index (χ1) is 15.2. The van der Waals surface area contributed by atoms with Crippen LogP contribution in [0.25, 0.3) is 11.1 Å². The highest BCUT2D eigenvalue weighted by Gasteiger charge is 2.18. The molecule has 2 heterocycles. The molecule has 2 aromatic heterocycles. The van der Waals surface area contributed by atoms with Crippen LogP contribution in [0.15, 0.2) is 42.6 Å². The Kier molecular flexibility index (Phi) is 7.13. The van der Waals surface area contributed by atoms with Gasteiger partial charge in [-0.15, -0.1) is 0 Å². The van der Waals surface area contributed by atoms with E-state index in [1.165, 1.54) is 4.90 Å². The number of amides is 1. The number of Topliss-reactive ketones (excluding diaryl/α,β-unsaturated/α-hetero) is 1. The zero-order valence-corrected chi connectivity index (χ0v) is 19.2. The van der Waals surface area contributed by atoms with E-state index in [4.69, 9.17) is 0 Å². The van der Waals surface area contributed by atoms with Gasteiger partial charge in [-0.2, -0.15) is 0 Å². The number of benzene rings is 1. The first-order valence-corrected chi connectivity index (χ1v) is 10.7. The van der Waals surface area contributed by atoms with Gasteiger partial charge in [-0.3, -0.25) is 19.6 Å². The molecule has 0 saturated carbocycles. The molecule has 5 nitrogen and oxygen atoms in total. The molecule has 0 bridgehead atoms. The maximum Gasteiger partial charge on any atom is 0.226 e. The number of nitrogens with zero attached hydrogens (tertiary/aromatic N) is 3. The molecule has 0 fully saturated rings. The third-order valence-electron chi connectivity index (χ3n) is 5.72. The average Bonchev–Trinajstić information content (AvgIpc) is 2.79. The van der Waals surface area contributed by atoms with Crippen LogP contribution in [0.4, 0.5) is 10.1 Å². The molecular formula is C26H28FN3O2. The first-order valence-electron chi connectivity index (χ1n) is 10.7. The van der Waals surface area contributed by atoms with E-state index in [-0.39, 0.29) is 17.4 Å². The third-order valence-corrected chi connectivity index (χ3v) is 5.72. The van der Waals surface area contributed by atoms with Crippen LogP contribution < -0.4 is 4.90 Å². The highest BCUT2D eigenvalue weighted by atomic mass is 19.1. The number of pyridine rings is 2. The van der Waals surface area contributed by atoms with Crippen molar-refractivity contribution in [2.45, 2.75) is 47.0 Å². The van der Waals surface area contributed by atoms with Crippen molar-refractivity contribution in [3.8, 4) is 11.1 Å². The molecule has 1 amide bonds. The summed E-state index contributed by atoms with van der Waals surface area (Å²) in [5.41, 5.74) is 5.41. The van der Waals surface area contributed by atoms with E-state index < -0.39 is 5.82 Å². The van der Waals surface area contributed by atoms with Crippen molar-refractivity contribution >= 4 is 17.4 Å². The Morgan fingerprint density at radius 1 is 1.03 bits per heavy atom. The summed E-state index contributed by atoms with van der Waals surface area (Å²) in [6.07, 6.45) is 2.85. The Balaban J connectivity index is 1.75. The molecule has 32 heavy (non-hydrogen) atoms. The van der Waals surface area contributed by atoms with Gasteiger partial charge in [0.1, 0.15) is 11.5 Å². The SMILES string of the molecule is CCC(=O)N(C)c1ccc(-c2ccc(C(=O)CCc3ccc(C)nc3C)nc2)c(C)c1F. The molecule has 1 aromatic carbocycles. The van der Waals surface area contributed by atoms with Crippen molar-refractivity contribution in [1.29, 1.82) is 0 Å². The van der Waals surface area contributed by atoms with Crippen molar-refractivity contribution in [2.75, 3.05) is 11.9 Å². The topological polar surface area (TPSA) is 63.2 Å². The fourth-order valence-electron chi connectivity index (χ4n) is 3.69. The minimum Gasteiger partial charge on any atom is -0.313 e. The van der Waals surface area contributed by atoms with Crippen LogP contribution in [0.3, 0.4) is 0 Å². The van der Waals surface area contributed by atoms with E-state index in [0.717, 1.165) is 17.0 Å². The van der Waals surface area contributed by atoms with E-state index in [1.807, 2.05) is 26.0 Å². The molecule has 0 aliphatic carbocycles. The average molecular weight is 434 g/mol. The van der Waals surface area contributed by atoms with Crippen LogP contribution >= 0.6 is 0 Å². The number of hydrogen-bond acceptors (Lipinski definition) is 4. The Morgan fingerprint density at radius 2 is 1.78 bits per heavy atom. The molecular weight excluding hydrogens is 405 g/mol. The first kappa shape index (κ1) is 23.3. The van der Waals surface area contributed by atoms with Crippen LogP contribution in [-0.2, 0) is 11.2 Å². The Labute approximate surface area is 188 Å². The lowest BCUT2D eigenvalue weighted by molar-refractivity contribution is -0.118. The lowest BCUT2D eigenvalue weighted by Crippen LogP contribution is -2.26. The molecule has 0 atom stereocenters. The van der Waals surface area contributed by atoms with Crippen LogP contribution in [-0.4, -0.2) is 28.7 Å². The van der Waals surface area contributed by atoms with Crippen molar-refractivity contribution in [3.63, 3.8) is 0 Å². The number of ketones is 1. The van der Waals surface area contributed by atoms with Gasteiger partial charge in [-0.25, -0.2) is 4.39 Å². The maximum atomic E-state index is 14.9. The fourth-order valence-corrected chi connectivity index (χ4v) is 3.69. The largest absolute Gasteiger partial charge is 0.313 e. The van der Waals surface area contributed by atoms with Crippen molar-refractivity contribution in [1.82, 2.24) is 9.97 Å². The van der Waals surface area contributed by atoms with E-state index in [9.17, 15) is 14.0 Å². The van der Waals surface area contributed by atoms with Gasteiger partial charge in [0.25, 0.3) is 0 Å². The van der Waals surface area contributed by atoms with Crippen molar-refractivity contribution < 1.29 is 14.0 Å². The molecule has 166 valence electrons. The van der Waals surface area contributed by atoms with Crippen molar-refractivity contribution in [3.05, 3.63) is 76.6 Å². The molecule has 3 aromatic rings. The standard InChI is InChI=1S/C26H28FN3O2/c1-6-25(32)30(5)23-13-11-21(17(3)26(23)27)20-9-12-22(28-15-20)24(31)14-10-19-8-7-16(2)29-18(19)4/h7-9,11-13,15H,6,10,14H2,1-5H3. The minimum absolute atomic E-state index is 0.0468. The van der Waals surface area contributed by atoms with Gasteiger partial charge < -0.3 is 4.90 Å². The van der Waals surface area contributed by atoms with Crippen LogP contribution in [0.2, 0.25) is 0 Å². The number of carbonyl (C=O) groups excluding carboxylic acids is 2. The number of halogens is 1. The Morgan fingerprint density at radius 3 is 2.41 bits per heavy atom. The van der Waals surface area contributed by atoms with Crippen LogP contribution in [0.5, 0.6) is 0 Å². The normalized spacial score (nSPS) is 10.8. The lowest BCUT2D eigenvalue weighted by Gasteiger charge is -2.19. The predicted molar refractivity (Wildman–Crippen MR) is 124 cm³/mol. The predicted octanol–water partition coefficient (Wildman–Crippen LogP) is 5.40. The molecule has 0 aliphatic rings. The number of anilines is 1. The van der Waals surface area contributed by atoms with E-state index in [0.29, 0.717) is 41.6 Å². The summed E-state index contributed by atoms with van der Waals surface area (Å²) in [5.74, 6) is -0.638. The summed E-state index contributed by atoms with van der Waals surface area (Å²) in [6, 6.07) is 10.8. The summed E-state index contributed by atoms with van der Waals surface area (Å²) < 4.78 is 14.9. The third kappa shape index (κ3) is 4.90. The molecule has 0 unspecified atom stereocenters. The summed E-state index contributed by atoms with van der Waals surface area (Å²) in [4.78, 5) is 34.6. The van der Waals surface area contributed by atoms with Gasteiger partial charge >= 0.3 is 0 Å². The van der Waals surface area contributed by atoms with Gasteiger partial charge in [0.2, 0.25) is 5.91 Å². The Bertz CT molecular complexity index is 1160. The summed E-state index contributed by atoms with van der Waals surface area (Å²) in [5, 5.41) is 0. The molecule has 0 N–H and O–H groups in total. The van der Waals surface area contributed by atoms with Crippen LogP contribution in [0.1, 0.15) is 52.8 Å². The van der Waals surface area contributed by atoms with Crippen LogP contribution in [0, 0.1) is 26.6 Å². The lowest BCUT2D eigenvalue weighted by atomic mass is 9.99. The second-order valence-electron chi connectivity index (χ2n) is 7.93. The van der Waals surface area contributed by atoms with Gasteiger partial charge in [-0.1, -0.05) is 25.1 Å². The zero-order chi connectivity index (χ0) is 23.4.